The minimum Gasteiger partial charge on any atom is -0.493 e. The van der Waals surface area contributed by atoms with Crippen LogP contribution in [0.1, 0.15) is 25.3 Å². The first-order valence-corrected chi connectivity index (χ1v) is 5.04. The molecule has 0 radical (unpaired) electrons. The number of ether oxygens (including phenoxy) is 1. The van der Waals surface area contributed by atoms with Crippen LogP contribution in [0.25, 0.3) is 0 Å². The Hall–Kier alpha value is -0.960. The number of carbonyl (C=O) groups excluding carboxylic acids is 1. The molecule has 1 atom stereocenters. The van der Waals surface area contributed by atoms with Crippen molar-refractivity contribution in [2.45, 2.75) is 24.7 Å². The van der Waals surface area contributed by atoms with Gasteiger partial charge in [0.2, 0.25) is 0 Å². The van der Waals surface area contributed by atoms with E-state index in [0.717, 1.165) is 22.5 Å². The average Bonchev–Trinajstić information content (AvgIpc) is 2.20. The van der Waals surface area contributed by atoms with E-state index in [1.165, 1.54) is 0 Å². The largest absolute Gasteiger partial charge is 0.493 e. The molecule has 14 heavy (non-hydrogen) atoms. The number of carbonyl (C=O) groups is 1. The molecule has 0 aliphatic carbocycles. The summed E-state index contributed by atoms with van der Waals surface area (Å²) in [7, 11) is 0. The van der Waals surface area contributed by atoms with Gasteiger partial charge < -0.3 is 9.53 Å². The highest BCUT2D eigenvalue weighted by Crippen LogP contribution is 2.26. The van der Waals surface area contributed by atoms with Crippen LogP contribution >= 0.6 is 12.6 Å². The number of hydrogen-bond donors (Lipinski definition) is 1. The van der Waals surface area contributed by atoms with Crippen molar-refractivity contribution in [3.05, 3.63) is 23.8 Å². The minimum atomic E-state index is -0.0943. The summed E-state index contributed by atoms with van der Waals surface area (Å²) in [5, 5.41) is 0. The van der Waals surface area contributed by atoms with Gasteiger partial charge in [-0.3, -0.25) is 0 Å². The van der Waals surface area contributed by atoms with Crippen LogP contribution in [0.5, 0.6) is 5.75 Å². The number of rotatable bonds is 4. The molecule has 0 N–H and O–H groups in total. The maximum absolute atomic E-state index is 10.6. The predicted molar refractivity (Wildman–Crippen MR) is 59.3 cm³/mol. The molecule has 76 valence electrons. The maximum Gasteiger partial charge on any atom is 0.132 e. The summed E-state index contributed by atoms with van der Waals surface area (Å²) >= 11 is 4.26. The zero-order valence-electron chi connectivity index (χ0n) is 8.36. The molecule has 2 nitrogen and oxygen atoms in total. The minimum absolute atomic E-state index is 0.0943. The van der Waals surface area contributed by atoms with Crippen LogP contribution in [0.4, 0.5) is 0 Å². The Morgan fingerprint density at radius 3 is 2.86 bits per heavy atom. The lowest BCUT2D eigenvalue weighted by molar-refractivity contribution is -0.108. The molecule has 0 aliphatic rings. The molecule has 0 fully saturated rings. The number of hydrogen-bond acceptors (Lipinski definition) is 3. The van der Waals surface area contributed by atoms with Crippen molar-refractivity contribution in [2.75, 3.05) is 6.61 Å². The van der Waals surface area contributed by atoms with Gasteiger partial charge in [0.25, 0.3) is 0 Å². The lowest BCUT2D eigenvalue weighted by Crippen LogP contribution is -1.97. The summed E-state index contributed by atoms with van der Waals surface area (Å²) in [5.41, 5.74) is 0.959. The smallest absolute Gasteiger partial charge is 0.132 e. The van der Waals surface area contributed by atoms with Crippen molar-refractivity contribution in [3.63, 3.8) is 0 Å². The predicted octanol–water partition coefficient (Wildman–Crippen LogP) is 2.68. The molecule has 0 aliphatic heterocycles. The quantitative estimate of drug-likeness (QED) is 0.611. The van der Waals surface area contributed by atoms with E-state index >= 15 is 0 Å². The van der Waals surface area contributed by atoms with Gasteiger partial charge in [0.05, 0.1) is 6.61 Å². The standard InChI is InChI=1S/C11H14O2S/c1-3-13-10-6-9(8(2)7-12)4-5-11(10)14/h4-8,14H,3H2,1-2H3. The van der Waals surface area contributed by atoms with Crippen LogP contribution in [0.15, 0.2) is 23.1 Å². The third kappa shape index (κ3) is 2.51. The third-order valence-corrected chi connectivity index (χ3v) is 2.38. The average molecular weight is 210 g/mol. The van der Waals surface area contributed by atoms with Crippen LogP contribution in [-0.2, 0) is 4.79 Å². The molecule has 3 heteroatoms. The van der Waals surface area contributed by atoms with E-state index in [0.29, 0.717) is 6.61 Å². The normalized spacial score (nSPS) is 12.2. The molecular weight excluding hydrogens is 196 g/mol. The van der Waals surface area contributed by atoms with Crippen molar-refractivity contribution in [3.8, 4) is 5.75 Å². The van der Waals surface area contributed by atoms with Gasteiger partial charge >= 0.3 is 0 Å². The fourth-order valence-electron chi connectivity index (χ4n) is 1.16. The van der Waals surface area contributed by atoms with Crippen molar-refractivity contribution >= 4 is 18.9 Å². The Balaban J connectivity index is 2.99. The van der Waals surface area contributed by atoms with E-state index in [4.69, 9.17) is 4.74 Å². The van der Waals surface area contributed by atoms with Crippen molar-refractivity contribution in [2.24, 2.45) is 0 Å². The van der Waals surface area contributed by atoms with Crippen LogP contribution in [-0.4, -0.2) is 12.9 Å². The van der Waals surface area contributed by atoms with E-state index < -0.39 is 0 Å². The maximum atomic E-state index is 10.6. The van der Waals surface area contributed by atoms with Gasteiger partial charge in [0, 0.05) is 10.8 Å². The second-order valence-corrected chi connectivity index (χ2v) is 3.57. The van der Waals surface area contributed by atoms with Crippen LogP contribution in [0.3, 0.4) is 0 Å². The van der Waals surface area contributed by atoms with Gasteiger partial charge in [-0.1, -0.05) is 13.0 Å². The first-order valence-electron chi connectivity index (χ1n) is 4.60. The summed E-state index contributed by atoms with van der Waals surface area (Å²) in [6.07, 6.45) is 0.920. The Kier molecular flexibility index (Phi) is 4.01. The molecule has 0 heterocycles. The van der Waals surface area contributed by atoms with E-state index in [1.807, 2.05) is 32.0 Å². The highest BCUT2D eigenvalue weighted by molar-refractivity contribution is 7.80. The Labute approximate surface area is 89.7 Å². The molecular formula is C11H14O2S. The highest BCUT2D eigenvalue weighted by Gasteiger charge is 2.07. The van der Waals surface area contributed by atoms with Gasteiger partial charge in [0.1, 0.15) is 12.0 Å². The summed E-state index contributed by atoms with van der Waals surface area (Å²) < 4.78 is 5.38. The molecule has 0 amide bonds. The molecule has 1 unspecified atom stereocenters. The molecule has 1 rings (SSSR count). The van der Waals surface area contributed by atoms with E-state index in [-0.39, 0.29) is 5.92 Å². The topological polar surface area (TPSA) is 26.3 Å². The van der Waals surface area contributed by atoms with E-state index in [9.17, 15) is 4.79 Å². The van der Waals surface area contributed by atoms with Gasteiger partial charge in [-0.25, -0.2) is 0 Å². The summed E-state index contributed by atoms with van der Waals surface area (Å²) in [6.45, 7) is 4.38. The monoisotopic (exact) mass is 210 g/mol. The van der Waals surface area contributed by atoms with Gasteiger partial charge in [-0.15, -0.1) is 12.6 Å². The molecule has 0 saturated carbocycles. The molecule has 1 aromatic carbocycles. The van der Waals surface area contributed by atoms with Gasteiger partial charge in [-0.05, 0) is 24.6 Å². The summed E-state index contributed by atoms with van der Waals surface area (Å²) in [6, 6.07) is 5.61. The molecule has 0 aromatic heterocycles. The Morgan fingerprint density at radius 1 is 1.57 bits per heavy atom. The fraction of sp³-hybridized carbons (Fsp3) is 0.364. The summed E-state index contributed by atoms with van der Waals surface area (Å²) in [5.74, 6) is 0.644. The molecule has 1 aromatic rings. The molecule has 0 saturated heterocycles. The van der Waals surface area contributed by atoms with Gasteiger partial charge in [-0.2, -0.15) is 0 Å². The first-order chi connectivity index (χ1) is 6.69. The van der Waals surface area contributed by atoms with Crippen molar-refractivity contribution in [1.82, 2.24) is 0 Å². The third-order valence-electron chi connectivity index (χ3n) is 2.01. The van der Waals surface area contributed by atoms with E-state index in [2.05, 4.69) is 12.6 Å². The lowest BCUT2D eigenvalue weighted by Gasteiger charge is -2.10. The number of benzene rings is 1. The lowest BCUT2D eigenvalue weighted by atomic mass is 10.0. The van der Waals surface area contributed by atoms with Crippen LogP contribution < -0.4 is 4.74 Å². The number of aldehydes is 1. The second-order valence-electron chi connectivity index (χ2n) is 3.08. The zero-order valence-corrected chi connectivity index (χ0v) is 9.25. The Morgan fingerprint density at radius 2 is 2.29 bits per heavy atom. The van der Waals surface area contributed by atoms with Crippen LogP contribution in [0, 0.1) is 0 Å². The zero-order chi connectivity index (χ0) is 10.6. The SMILES string of the molecule is CCOc1cc(C(C)C=O)ccc1S. The number of thiol groups is 1. The second kappa shape index (κ2) is 5.05. The first kappa shape index (κ1) is 11.1. The fourth-order valence-corrected chi connectivity index (χ4v) is 1.37. The van der Waals surface area contributed by atoms with Crippen LogP contribution in [0.2, 0.25) is 0 Å². The molecule has 0 bridgehead atoms. The van der Waals surface area contributed by atoms with E-state index in [1.54, 1.807) is 0 Å². The van der Waals surface area contributed by atoms with Gasteiger partial charge in [0.15, 0.2) is 0 Å². The Bertz CT molecular complexity index is 323. The highest BCUT2D eigenvalue weighted by atomic mass is 32.1. The van der Waals surface area contributed by atoms with Crippen molar-refractivity contribution in [1.29, 1.82) is 0 Å². The molecule has 0 spiro atoms. The summed E-state index contributed by atoms with van der Waals surface area (Å²) in [4.78, 5) is 11.4. The van der Waals surface area contributed by atoms with Crippen molar-refractivity contribution < 1.29 is 9.53 Å².